The Balaban J connectivity index is 1.48. The van der Waals surface area contributed by atoms with Gasteiger partial charge in [-0.05, 0) is 39.3 Å². The molecular formula is C19H34N4O3. The van der Waals surface area contributed by atoms with Gasteiger partial charge in [-0.25, -0.2) is 0 Å². The Morgan fingerprint density at radius 3 is 2.27 bits per heavy atom. The van der Waals surface area contributed by atoms with Gasteiger partial charge in [0.2, 0.25) is 11.8 Å². The van der Waals surface area contributed by atoms with E-state index in [1.165, 1.54) is 0 Å². The predicted octanol–water partition coefficient (Wildman–Crippen LogP) is 0.110. The van der Waals surface area contributed by atoms with Crippen molar-refractivity contribution < 1.29 is 14.3 Å². The largest absolute Gasteiger partial charge is 0.375 e. The summed E-state index contributed by atoms with van der Waals surface area (Å²) in [5.41, 5.74) is 0. The lowest BCUT2D eigenvalue weighted by molar-refractivity contribution is -0.139. The van der Waals surface area contributed by atoms with Crippen molar-refractivity contribution >= 4 is 11.8 Å². The number of nitrogens with zero attached hydrogens (tertiary/aromatic N) is 4. The van der Waals surface area contributed by atoms with Crippen molar-refractivity contribution in [3.63, 3.8) is 0 Å². The van der Waals surface area contributed by atoms with E-state index in [-0.39, 0.29) is 18.4 Å². The van der Waals surface area contributed by atoms with Crippen molar-refractivity contribution in [3.8, 4) is 0 Å². The number of piperazine rings is 1. The van der Waals surface area contributed by atoms with Gasteiger partial charge in [0.1, 0.15) is 6.61 Å². The minimum Gasteiger partial charge on any atom is -0.375 e. The first kappa shape index (κ1) is 19.6. The van der Waals surface area contributed by atoms with E-state index in [1.54, 1.807) is 7.11 Å². The van der Waals surface area contributed by atoms with E-state index in [1.807, 2.05) is 4.90 Å². The number of carbonyl (C=O) groups is 2. The minimum atomic E-state index is 0.0905. The van der Waals surface area contributed by atoms with Crippen molar-refractivity contribution in [3.05, 3.63) is 0 Å². The highest BCUT2D eigenvalue weighted by molar-refractivity contribution is 5.79. The van der Waals surface area contributed by atoms with E-state index in [0.717, 1.165) is 78.0 Å². The summed E-state index contributed by atoms with van der Waals surface area (Å²) >= 11 is 0. The highest BCUT2D eigenvalue weighted by atomic mass is 16.5. The summed E-state index contributed by atoms with van der Waals surface area (Å²) in [6.07, 6.45) is 4.13. The number of ether oxygens (including phenoxy) is 1. The molecule has 1 atom stereocenters. The van der Waals surface area contributed by atoms with Gasteiger partial charge in [-0.15, -0.1) is 0 Å². The Hall–Kier alpha value is -1.18. The molecule has 3 rings (SSSR count). The van der Waals surface area contributed by atoms with Gasteiger partial charge >= 0.3 is 0 Å². The Labute approximate surface area is 157 Å². The molecule has 148 valence electrons. The van der Waals surface area contributed by atoms with Crippen LogP contribution >= 0.6 is 0 Å². The third-order valence-corrected chi connectivity index (χ3v) is 6.22. The minimum absolute atomic E-state index is 0.0905. The molecule has 2 amide bonds. The summed E-state index contributed by atoms with van der Waals surface area (Å²) in [6, 6.07) is 0.504. The quantitative estimate of drug-likeness (QED) is 0.707. The van der Waals surface area contributed by atoms with Crippen molar-refractivity contribution in [2.45, 2.75) is 31.7 Å². The Morgan fingerprint density at radius 1 is 0.923 bits per heavy atom. The molecule has 0 aromatic rings. The lowest BCUT2D eigenvalue weighted by Gasteiger charge is -2.43. The lowest BCUT2D eigenvalue weighted by atomic mass is 9.92. The van der Waals surface area contributed by atoms with Gasteiger partial charge in [0.25, 0.3) is 0 Å². The predicted molar refractivity (Wildman–Crippen MR) is 99.9 cm³/mol. The fourth-order valence-corrected chi connectivity index (χ4v) is 4.52. The molecule has 3 fully saturated rings. The van der Waals surface area contributed by atoms with Gasteiger partial charge in [-0.2, -0.15) is 0 Å². The van der Waals surface area contributed by atoms with Crippen LogP contribution in [0.3, 0.4) is 0 Å². The molecule has 3 saturated heterocycles. The van der Waals surface area contributed by atoms with Gasteiger partial charge in [0, 0.05) is 59.0 Å². The fourth-order valence-electron chi connectivity index (χ4n) is 4.52. The lowest BCUT2D eigenvalue weighted by Crippen LogP contribution is -2.54. The summed E-state index contributed by atoms with van der Waals surface area (Å²) in [4.78, 5) is 33.7. The van der Waals surface area contributed by atoms with Crippen molar-refractivity contribution in [2.75, 3.05) is 73.1 Å². The summed E-state index contributed by atoms with van der Waals surface area (Å²) < 4.78 is 4.96. The Morgan fingerprint density at radius 2 is 1.62 bits per heavy atom. The van der Waals surface area contributed by atoms with Crippen molar-refractivity contribution in [2.24, 2.45) is 5.92 Å². The second-order valence-electron chi connectivity index (χ2n) is 8.01. The molecule has 26 heavy (non-hydrogen) atoms. The zero-order chi connectivity index (χ0) is 18.5. The van der Waals surface area contributed by atoms with E-state index in [9.17, 15) is 9.59 Å². The van der Waals surface area contributed by atoms with E-state index in [2.05, 4.69) is 21.7 Å². The number of carbonyl (C=O) groups excluding carboxylic acids is 2. The molecule has 0 spiro atoms. The van der Waals surface area contributed by atoms with E-state index in [0.29, 0.717) is 11.9 Å². The third kappa shape index (κ3) is 4.75. The first-order valence-electron chi connectivity index (χ1n) is 10.1. The average Bonchev–Trinajstić information content (AvgIpc) is 2.68. The maximum atomic E-state index is 12.9. The molecule has 7 heteroatoms. The van der Waals surface area contributed by atoms with Gasteiger partial charge in [0.05, 0.1) is 5.92 Å². The summed E-state index contributed by atoms with van der Waals surface area (Å²) in [6.45, 7) is 7.46. The Bertz CT molecular complexity index is 485. The second-order valence-corrected chi connectivity index (χ2v) is 8.01. The number of likely N-dealkylation sites (tertiary alicyclic amines) is 2. The zero-order valence-electron chi connectivity index (χ0n) is 16.4. The molecule has 0 unspecified atom stereocenters. The number of amides is 2. The van der Waals surface area contributed by atoms with Crippen LogP contribution in [0.5, 0.6) is 0 Å². The summed E-state index contributed by atoms with van der Waals surface area (Å²) in [5.74, 6) is 0.600. The summed E-state index contributed by atoms with van der Waals surface area (Å²) in [5, 5.41) is 0. The Kier molecular flexibility index (Phi) is 6.89. The SMILES string of the molecule is COCC(=O)N1CCC(N2CCC[C@@H](C(=O)N3CCN(C)CC3)C2)CC1. The fraction of sp³-hybridized carbons (Fsp3) is 0.895. The van der Waals surface area contributed by atoms with Gasteiger partial charge < -0.3 is 19.4 Å². The topological polar surface area (TPSA) is 56.3 Å². The van der Waals surface area contributed by atoms with E-state index < -0.39 is 0 Å². The molecule has 3 heterocycles. The number of piperidine rings is 2. The van der Waals surface area contributed by atoms with Crippen LogP contribution in [-0.2, 0) is 14.3 Å². The molecule has 3 aliphatic rings. The van der Waals surface area contributed by atoms with Crippen LogP contribution in [0.15, 0.2) is 0 Å². The van der Waals surface area contributed by atoms with Crippen LogP contribution in [0.4, 0.5) is 0 Å². The van der Waals surface area contributed by atoms with Gasteiger partial charge in [0.15, 0.2) is 0 Å². The normalized spacial score (nSPS) is 26.9. The monoisotopic (exact) mass is 366 g/mol. The zero-order valence-corrected chi connectivity index (χ0v) is 16.4. The highest BCUT2D eigenvalue weighted by Crippen LogP contribution is 2.25. The van der Waals surface area contributed by atoms with Crippen molar-refractivity contribution in [1.82, 2.24) is 19.6 Å². The molecule has 0 aromatic heterocycles. The molecule has 3 aliphatic heterocycles. The number of rotatable bonds is 4. The van der Waals surface area contributed by atoms with E-state index in [4.69, 9.17) is 4.74 Å². The van der Waals surface area contributed by atoms with Crippen LogP contribution in [0.1, 0.15) is 25.7 Å². The molecule has 0 radical (unpaired) electrons. The first-order valence-corrected chi connectivity index (χ1v) is 10.1. The molecule has 0 N–H and O–H groups in total. The number of hydrogen-bond acceptors (Lipinski definition) is 5. The average molecular weight is 367 g/mol. The van der Waals surface area contributed by atoms with Crippen LogP contribution in [0, 0.1) is 5.92 Å². The number of methoxy groups -OCH3 is 1. The number of likely N-dealkylation sites (N-methyl/N-ethyl adjacent to an activating group) is 1. The third-order valence-electron chi connectivity index (χ3n) is 6.22. The first-order chi connectivity index (χ1) is 12.6. The smallest absolute Gasteiger partial charge is 0.248 e. The summed E-state index contributed by atoms with van der Waals surface area (Å²) in [7, 11) is 3.68. The van der Waals surface area contributed by atoms with Crippen LogP contribution < -0.4 is 0 Å². The second kappa shape index (κ2) is 9.15. The molecule has 0 bridgehead atoms. The highest BCUT2D eigenvalue weighted by Gasteiger charge is 2.34. The van der Waals surface area contributed by atoms with Crippen molar-refractivity contribution in [1.29, 1.82) is 0 Å². The standard InChI is InChI=1S/C19H34N4O3/c1-20-10-12-22(13-11-20)19(25)16-4-3-7-23(14-16)17-5-8-21(9-6-17)18(24)15-26-2/h16-17H,3-15H2,1-2H3/t16-/m1/s1. The van der Waals surface area contributed by atoms with Gasteiger partial charge in [-0.1, -0.05) is 0 Å². The van der Waals surface area contributed by atoms with E-state index >= 15 is 0 Å². The molecule has 7 nitrogen and oxygen atoms in total. The molecular weight excluding hydrogens is 332 g/mol. The molecule has 0 saturated carbocycles. The van der Waals surface area contributed by atoms with Crippen LogP contribution in [0.25, 0.3) is 0 Å². The van der Waals surface area contributed by atoms with Crippen LogP contribution in [-0.4, -0.2) is 111 Å². The van der Waals surface area contributed by atoms with Crippen LogP contribution in [0.2, 0.25) is 0 Å². The molecule has 0 aromatic carbocycles. The van der Waals surface area contributed by atoms with Gasteiger partial charge in [-0.3, -0.25) is 14.5 Å². The molecule has 0 aliphatic carbocycles. The number of hydrogen-bond donors (Lipinski definition) is 0. The maximum Gasteiger partial charge on any atom is 0.248 e. The maximum absolute atomic E-state index is 12.9.